The standard InChI is InChI=1S/C26H23ClN2O2/c1-20-18-24(16-17-25(20)27)31-19-26(30)29-28-23(14-12-21-8-4-2-5-9-21)15-13-22-10-6-3-7-11-22/h2-18H,19H2,1H3,(H,29,30). The third-order valence-corrected chi connectivity index (χ3v) is 4.73. The highest BCUT2D eigenvalue weighted by molar-refractivity contribution is 6.31. The molecule has 3 rings (SSSR count). The predicted molar refractivity (Wildman–Crippen MR) is 128 cm³/mol. The minimum atomic E-state index is -0.355. The summed E-state index contributed by atoms with van der Waals surface area (Å²) in [6.45, 7) is 1.73. The summed E-state index contributed by atoms with van der Waals surface area (Å²) in [5.74, 6) is 0.223. The normalized spacial score (nSPS) is 10.9. The number of hydrogen-bond donors (Lipinski definition) is 1. The van der Waals surface area contributed by atoms with Crippen molar-refractivity contribution in [1.82, 2.24) is 5.43 Å². The van der Waals surface area contributed by atoms with Crippen molar-refractivity contribution in [3.63, 3.8) is 0 Å². The highest BCUT2D eigenvalue weighted by Gasteiger charge is 2.04. The number of rotatable bonds is 8. The maximum atomic E-state index is 12.2. The van der Waals surface area contributed by atoms with Gasteiger partial charge in [0.2, 0.25) is 0 Å². The van der Waals surface area contributed by atoms with E-state index in [1.807, 2.05) is 91.9 Å². The van der Waals surface area contributed by atoms with Gasteiger partial charge < -0.3 is 4.74 Å². The zero-order valence-electron chi connectivity index (χ0n) is 17.2. The van der Waals surface area contributed by atoms with Crippen LogP contribution in [0.5, 0.6) is 5.75 Å². The SMILES string of the molecule is Cc1cc(OCC(=O)NN=C(C=Cc2ccccc2)C=Cc2ccccc2)ccc1Cl. The highest BCUT2D eigenvalue weighted by atomic mass is 35.5. The molecule has 1 N–H and O–H groups in total. The van der Waals surface area contributed by atoms with Gasteiger partial charge in [0.05, 0.1) is 5.71 Å². The van der Waals surface area contributed by atoms with Gasteiger partial charge in [-0.05, 0) is 54.0 Å². The van der Waals surface area contributed by atoms with Crippen molar-refractivity contribution in [3.05, 3.63) is 113 Å². The first-order valence-electron chi connectivity index (χ1n) is 9.82. The van der Waals surface area contributed by atoms with Crippen LogP contribution in [0.15, 0.2) is 96.1 Å². The molecule has 0 aliphatic heterocycles. The van der Waals surface area contributed by atoms with E-state index in [0.717, 1.165) is 16.7 Å². The lowest BCUT2D eigenvalue weighted by molar-refractivity contribution is -0.123. The smallest absolute Gasteiger partial charge is 0.277 e. The molecule has 0 saturated heterocycles. The van der Waals surface area contributed by atoms with E-state index in [1.165, 1.54) is 0 Å². The van der Waals surface area contributed by atoms with Gasteiger partial charge in [-0.2, -0.15) is 5.10 Å². The summed E-state index contributed by atoms with van der Waals surface area (Å²) in [4.78, 5) is 12.2. The Labute approximate surface area is 187 Å². The molecule has 3 aromatic carbocycles. The van der Waals surface area contributed by atoms with Crippen LogP contribution in [0, 0.1) is 6.92 Å². The molecule has 0 atom stereocenters. The molecule has 3 aromatic rings. The van der Waals surface area contributed by atoms with Gasteiger partial charge in [-0.1, -0.05) is 84.4 Å². The number of carbonyl (C=O) groups is 1. The number of nitrogens with zero attached hydrogens (tertiary/aromatic N) is 1. The lowest BCUT2D eigenvalue weighted by atomic mass is 10.1. The molecule has 0 aliphatic carbocycles. The average Bonchev–Trinajstić information content (AvgIpc) is 2.80. The molecule has 1 amide bonds. The Kier molecular flexibility index (Phi) is 8.21. The Morgan fingerprint density at radius 2 is 1.52 bits per heavy atom. The Morgan fingerprint density at radius 3 is 2.06 bits per heavy atom. The van der Waals surface area contributed by atoms with Gasteiger partial charge >= 0.3 is 0 Å². The summed E-state index contributed by atoms with van der Waals surface area (Å²) in [6.07, 6.45) is 7.57. The van der Waals surface area contributed by atoms with Crippen LogP contribution in [-0.4, -0.2) is 18.2 Å². The Morgan fingerprint density at radius 1 is 0.935 bits per heavy atom. The average molecular weight is 431 g/mol. The van der Waals surface area contributed by atoms with E-state index < -0.39 is 0 Å². The molecule has 5 heteroatoms. The molecule has 0 aromatic heterocycles. The number of amides is 1. The van der Waals surface area contributed by atoms with Gasteiger partial charge in [-0.25, -0.2) is 5.43 Å². The summed E-state index contributed by atoms with van der Waals surface area (Å²) < 4.78 is 5.52. The number of ether oxygens (including phenoxy) is 1. The van der Waals surface area contributed by atoms with Gasteiger partial charge in [0.15, 0.2) is 6.61 Å². The van der Waals surface area contributed by atoms with E-state index in [-0.39, 0.29) is 12.5 Å². The summed E-state index contributed by atoms with van der Waals surface area (Å²) in [7, 11) is 0. The van der Waals surface area contributed by atoms with Crippen molar-refractivity contribution >= 4 is 35.4 Å². The molecule has 31 heavy (non-hydrogen) atoms. The number of benzene rings is 3. The van der Waals surface area contributed by atoms with Gasteiger partial charge in [0.1, 0.15) is 5.75 Å². The minimum absolute atomic E-state index is 0.150. The van der Waals surface area contributed by atoms with Gasteiger partial charge in [-0.3, -0.25) is 4.79 Å². The van der Waals surface area contributed by atoms with Crippen molar-refractivity contribution in [2.75, 3.05) is 6.61 Å². The quantitative estimate of drug-likeness (QED) is 0.356. The van der Waals surface area contributed by atoms with E-state index in [1.54, 1.807) is 18.2 Å². The van der Waals surface area contributed by atoms with Gasteiger partial charge in [0, 0.05) is 5.02 Å². The van der Waals surface area contributed by atoms with Crippen LogP contribution in [0.4, 0.5) is 0 Å². The third-order valence-electron chi connectivity index (χ3n) is 4.30. The maximum absolute atomic E-state index is 12.2. The zero-order valence-corrected chi connectivity index (χ0v) is 17.9. The number of aryl methyl sites for hydroxylation is 1. The minimum Gasteiger partial charge on any atom is -0.484 e. The van der Waals surface area contributed by atoms with Crippen LogP contribution >= 0.6 is 11.6 Å². The maximum Gasteiger partial charge on any atom is 0.277 e. The predicted octanol–water partition coefficient (Wildman–Crippen LogP) is 5.93. The first kappa shape index (κ1) is 22.1. The highest BCUT2D eigenvalue weighted by Crippen LogP contribution is 2.20. The Hall–Kier alpha value is -3.63. The first-order chi connectivity index (χ1) is 15.1. The number of carbonyl (C=O) groups excluding carboxylic acids is 1. The van der Waals surface area contributed by atoms with Crippen LogP contribution in [-0.2, 0) is 4.79 Å². The molecule has 156 valence electrons. The van der Waals surface area contributed by atoms with Crippen LogP contribution in [0.1, 0.15) is 16.7 Å². The molecule has 0 spiro atoms. The molecule has 0 fully saturated rings. The fourth-order valence-corrected chi connectivity index (χ4v) is 2.75. The summed E-state index contributed by atoms with van der Waals surface area (Å²) in [5.41, 5.74) is 6.11. The molecular formula is C26H23ClN2O2. The molecule has 0 saturated carbocycles. The van der Waals surface area contributed by atoms with E-state index >= 15 is 0 Å². The summed E-state index contributed by atoms with van der Waals surface area (Å²) in [5, 5.41) is 4.89. The number of hydrazone groups is 1. The molecule has 0 bridgehead atoms. The monoisotopic (exact) mass is 430 g/mol. The zero-order chi connectivity index (χ0) is 21.9. The Balaban J connectivity index is 1.66. The molecule has 0 radical (unpaired) electrons. The number of nitrogens with one attached hydrogen (secondary N) is 1. The lowest BCUT2D eigenvalue weighted by Gasteiger charge is -2.07. The molecule has 0 unspecified atom stereocenters. The number of allylic oxidation sites excluding steroid dienone is 2. The van der Waals surface area contributed by atoms with Crippen LogP contribution in [0.3, 0.4) is 0 Å². The number of hydrogen-bond acceptors (Lipinski definition) is 3. The molecule has 4 nitrogen and oxygen atoms in total. The van der Waals surface area contributed by atoms with E-state index in [2.05, 4.69) is 10.5 Å². The molecular weight excluding hydrogens is 408 g/mol. The largest absolute Gasteiger partial charge is 0.484 e. The van der Waals surface area contributed by atoms with Crippen LogP contribution < -0.4 is 10.2 Å². The summed E-state index contributed by atoms with van der Waals surface area (Å²) in [6, 6.07) is 25.0. The van der Waals surface area contributed by atoms with Crippen molar-refractivity contribution in [2.45, 2.75) is 6.92 Å². The van der Waals surface area contributed by atoms with E-state index in [4.69, 9.17) is 16.3 Å². The first-order valence-corrected chi connectivity index (χ1v) is 10.2. The molecule has 0 aliphatic rings. The fourth-order valence-electron chi connectivity index (χ4n) is 2.64. The second-order valence-electron chi connectivity index (χ2n) is 6.76. The van der Waals surface area contributed by atoms with E-state index in [0.29, 0.717) is 16.5 Å². The Bertz CT molecular complexity index is 1040. The molecule has 0 heterocycles. The second kappa shape index (κ2) is 11.5. The van der Waals surface area contributed by atoms with Crippen molar-refractivity contribution in [3.8, 4) is 5.75 Å². The van der Waals surface area contributed by atoms with Gasteiger partial charge in [-0.15, -0.1) is 0 Å². The van der Waals surface area contributed by atoms with Crippen molar-refractivity contribution in [1.29, 1.82) is 0 Å². The summed E-state index contributed by atoms with van der Waals surface area (Å²) >= 11 is 6.01. The van der Waals surface area contributed by atoms with E-state index in [9.17, 15) is 4.79 Å². The van der Waals surface area contributed by atoms with Crippen LogP contribution in [0.25, 0.3) is 12.2 Å². The number of halogens is 1. The van der Waals surface area contributed by atoms with Gasteiger partial charge in [0.25, 0.3) is 5.91 Å². The fraction of sp³-hybridized carbons (Fsp3) is 0.0769. The lowest BCUT2D eigenvalue weighted by Crippen LogP contribution is -2.25. The van der Waals surface area contributed by atoms with Crippen LogP contribution in [0.2, 0.25) is 5.02 Å². The third kappa shape index (κ3) is 7.61. The van der Waals surface area contributed by atoms with Crippen molar-refractivity contribution < 1.29 is 9.53 Å². The second-order valence-corrected chi connectivity index (χ2v) is 7.17. The van der Waals surface area contributed by atoms with Crippen molar-refractivity contribution in [2.24, 2.45) is 5.10 Å². The topological polar surface area (TPSA) is 50.7 Å².